The molecule has 3 rings (SSSR count). The fraction of sp³-hybridized carbons (Fsp3) is 0.553. The maximum Gasteiger partial charge on any atom is 0.287 e. The first-order valence-corrected chi connectivity index (χ1v) is 23.4. The van der Waals surface area contributed by atoms with Gasteiger partial charge >= 0.3 is 0 Å². The largest absolute Gasteiger partial charge is 0.356 e. The molecule has 3 aromatic carbocycles. The molecule has 0 saturated carbocycles. The second-order valence-electron chi connectivity index (χ2n) is 17.3. The van der Waals surface area contributed by atoms with Gasteiger partial charge in [-0.25, -0.2) is 0 Å². The van der Waals surface area contributed by atoms with Gasteiger partial charge in [0, 0.05) is 32.0 Å². The van der Waals surface area contributed by atoms with Crippen LogP contribution >= 0.6 is 0 Å². The summed E-state index contributed by atoms with van der Waals surface area (Å²) >= 11 is 0. The lowest BCUT2D eigenvalue weighted by Crippen LogP contribution is -2.55. The molecule has 3 atom stereocenters. The molecular weight excluding hydrogens is 795 g/mol. The highest BCUT2D eigenvalue weighted by atomic mass is 32.2. The molecule has 0 heterocycles. The molecule has 0 spiro atoms. The van der Waals surface area contributed by atoms with Crippen molar-refractivity contribution >= 4 is 61.2 Å². The standard InChI is InChI=1S/C47H69N5O8S/c1-32(2)27-37(23-26-61(58,59)60)50-46(56)42(29-34(5)6)52-47(57)41(28-33(3)4)51-44(54)22-10-8-15-24-48-43(53)21-9-7-16-25-49-45(55)31-40-38-19-13-11-17-35(38)30-36-18-12-14-20-39(36)40/h11-14,17-20,23,26,30,32-34,37,41-42H,7-10,15-16,21-22,24-25,27-29,31H2,1-6H3,(H,48,53)(H,49,55)(H,50,56)(H,51,54)(H,52,57)(H,58,59,60)/b26-23+/t37-,41+,42+/m0/s1. The molecule has 3 aromatic rings. The van der Waals surface area contributed by atoms with Crippen LogP contribution in [0.4, 0.5) is 0 Å². The van der Waals surface area contributed by atoms with E-state index in [9.17, 15) is 36.9 Å². The minimum Gasteiger partial charge on any atom is -0.356 e. The maximum absolute atomic E-state index is 13.5. The first kappa shape index (κ1) is 50.5. The van der Waals surface area contributed by atoms with E-state index in [2.05, 4.69) is 56.9 Å². The van der Waals surface area contributed by atoms with E-state index in [1.54, 1.807) is 0 Å². The Morgan fingerprint density at radius 1 is 0.590 bits per heavy atom. The lowest BCUT2D eigenvalue weighted by molar-refractivity contribution is -0.132. The van der Waals surface area contributed by atoms with E-state index in [-0.39, 0.29) is 41.9 Å². The van der Waals surface area contributed by atoms with Gasteiger partial charge in [0.25, 0.3) is 10.1 Å². The zero-order valence-electron chi connectivity index (χ0n) is 36.9. The van der Waals surface area contributed by atoms with Crippen molar-refractivity contribution in [2.45, 2.75) is 137 Å². The zero-order chi connectivity index (χ0) is 45.0. The average Bonchev–Trinajstić information content (AvgIpc) is 3.18. The van der Waals surface area contributed by atoms with Crippen LogP contribution in [0.5, 0.6) is 0 Å². The lowest BCUT2D eigenvalue weighted by Gasteiger charge is -2.27. The van der Waals surface area contributed by atoms with Crippen molar-refractivity contribution in [3.63, 3.8) is 0 Å². The highest BCUT2D eigenvalue weighted by Crippen LogP contribution is 2.29. The summed E-state index contributed by atoms with van der Waals surface area (Å²) in [5, 5.41) is 19.5. The van der Waals surface area contributed by atoms with Crippen molar-refractivity contribution in [3.8, 4) is 0 Å². The molecule has 14 heteroatoms. The predicted molar refractivity (Wildman–Crippen MR) is 243 cm³/mol. The second-order valence-corrected chi connectivity index (χ2v) is 18.6. The molecule has 0 radical (unpaired) electrons. The Kier molecular flexibility index (Phi) is 21.4. The Balaban J connectivity index is 1.34. The van der Waals surface area contributed by atoms with Gasteiger partial charge in [-0.2, -0.15) is 8.42 Å². The van der Waals surface area contributed by atoms with Crippen LogP contribution in [0.2, 0.25) is 0 Å². The molecule has 0 aliphatic heterocycles. The Labute approximate surface area is 362 Å². The van der Waals surface area contributed by atoms with E-state index >= 15 is 0 Å². The van der Waals surface area contributed by atoms with Gasteiger partial charge in [-0.3, -0.25) is 28.5 Å². The number of carbonyl (C=O) groups is 5. The topological polar surface area (TPSA) is 200 Å². The minimum atomic E-state index is -4.39. The Morgan fingerprint density at radius 2 is 1.07 bits per heavy atom. The van der Waals surface area contributed by atoms with Crippen LogP contribution in [0.1, 0.15) is 118 Å². The fourth-order valence-corrected chi connectivity index (χ4v) is 7.74. The number of rotatable bonds is 27. The number of fused-ring (bicyclic) bond motifs is 2. The summed E-state index contributed by atoms with van der Waals surface area (Å²) in [6, 6.07) is 16.0. The molecule has 0 aliphatic carbocycles. The minimum absolute atomic E-state index is 0.0188. The molecule has 0 unspecified atom stereocenters. The highest BCUT2D eigenvalue weighted by Gasteiger charge is 2.29. The summed E-state index contributed by atoms with van der Waals surface area (Å²) in [5.74, 6) is -1.07. The van der Waals surface area contributed by atoms with Gasteiger partial charge in [-0.05, 0) is 102 Å². The van der Waals surface area contributed by atoms with Crippen molar-refractivity contribution in [1.29, 1.82) is 0 Å². The summed E-state index contributed by atoms with van der Waals surface area (Å²) in [6.45, 7) is 12.6. The number of amides is 5. The molecule has 61 heavy (non-hydrogen) atoms. The van der Waals surface area contributed by atoms with Gasteiger partial charge in [0.1, 0.15) is 12.1 Å². The molecule has 0 saturated heterocycles. The molecule has 0 bridgehead atoms. The van der Waals surface area contributed by atoms with Crippen LogP contribution in [0, 0.1) is 17.8 Å². The molecule has 13 nitrogen and oxygen atoms in total. The monoisotopic (exact) mass is 863 g/mol. The number of unbranched alkanes of at least 4 members (excludes halogenated alkanes) is 4. The first-order valence-electron chi connectivity index (χ1n) is 21.9. The van der Waals surface area contributed by atoms with E-state index in [4.69, 9.17) is 0 Å². The normalized spacial score (nSPS) is 13.4. The third-order valence-corrected chi connectivity index (χ3v) is 10.8. The summed E-state index contributed by atoms with van der Waals surface area (Å²) in [6.07, 6.45) is 7.54. The quantitative estimate of drug-likeness (QED) is 0.0271. The third-order valence-electron chi connectivity index (χ3n) is 10.3. The summed E-state index contributed by atoms with van der Waals surface area (Å²) in [7, 11) is -4.39. The van der Waals surface area contributed by atoms with Crippen LogP contribution in [-0.4, -0.2) is 73.7 Å². The summed E-state index contributed by atoms with van der Waals surface area (Å²) < 4.78 is 31.8. The molecule has 5 amide bonds. The SMILES string of the molecule is CC(C)C[C@H](/C=C/S(=O)(=O)O)NC(=O)[C@@H](CC(C)C)NC(=O)[C@@H](CC(C)C)NC(=O)CCCCCNC(=O)CCCCCNC(=O)Cc1c2ccccc2cc2ccccc12. The second kappa shape index (κ2) is 25.8. The number of hydrogen-bond acceptors (Lipinski definition) is 7. The molecule has 0 aromatic heterocycles. The third kappa shape index (κ3) is 19.6. The summed E-state index contributed by atoms with van der Waals surface area (Å²) in [5.41, 5.74) is 1.03. The van der Waals surface area contributed by atoms with Gasteiger partial charge in [-0.15, -0.1) is 0 Å². The maximum atomic E-state index is 13.5. The van der Waals surface area contributed by atoms with Crippen LogP contribution in [0.25, 0.3) is 21.5 Å². The predicted octanol–water partition coefficient (Wildman–Crippen LogP) is 6.88. The van der Waals surface area contributed by atoms with Gasteiger partial charge in [-0.1, -0.05) is 103 Å². The van der Waals surface area contributed by atoms with E-state index < -0.39 is 40.1 Å². The molecule has 0 fully saturated rings. The molecule has 336 valence electrons. The van der Waals surface area contributed by atoms with Crippen molar-refractivity contribution in [3.05, 3.63) is 71.6 Å². The number of hydrogen-bond donors (Lipinski definition) is 6. The van der Waals surface area contributed by atoms with Crippen molar-refractivity contribution in [2.75, 3.05) is 13.1 Å². The average molecular weight is 864 g/mol. The van der Waals surface area contributed by atoms with Gasteiger partial charge in [0.2, 0.25) is 29.5 Å². The van der Waals surface area contributed by atoms with Crippen molar-refractivity contribution < 1.29 is 36.9 Å². The molecular formula is C47H69N5O8S. The van der Waals surface area contributed by atoms with Gasteiger partial charge in [0.05, 0.1) is 11.8 Å². The van der Waals surface area contributed by atoms with Crippen LogP contribution < -0.4 is 26.6 Å². The van der Waals surface area contributed by atoms with Gasteiger partial charge < -0.3 is 26.6 Å². The number of nitrogens with one attached hydrogen (secondary N) is 5. The molecule has 0 aliphatic rings. The molecule has 6 N–H and O–H groups in total. The van der Waals surface area contributed by atoms with Crippen molar-refractivity contribution in [1.82, 2.24) is 26.6 Å². The number of benzene rings is 3. The van der Waals surface area contributed by atoms with Crippen LogP contribution in [0.15, 0.2) is 66.1 Å². The first-order chi connectivity index (χ1) is 28.9. The highest BCUT2D eigenvalue weighted by molar-refractivity contribution is 7.88. The lowest BCUT2D eigenvalue weighted by atomic mass is 9.94. The van der Waals surface area contributed by atoms with E-state index in [1.807, 2.05) is 65.8 Å². The van der Waals surface area contributed by atoms with Crippen LogP contribution in [-0.2, 0) is 40.5 Å². The Morgan fingerprint density at radius 3 is 1.59 bits per heavy atom. The van der Waals surface area contributed by atoms with Gasteiger partial charge in [0.15, 0.2) is 0 Å². The van der Waals surface area contributed by atoms with Crippen LogP contribution in [0.3, 0.4) is 0 Å². The van der Waals surface area contributed by atoms with Crippen molar-refractivity contribution in [2.24, 2.45) is 17.8 Å². The zero-order valence-corrected chi connectivity index (χ0v) is 37.7. The Bertz CT molecular complexity index is 1990. The Hall–Kier alpha value is -4.82. The van der Waals surface area contributed by atoms with E-state index in [0.717, 1.165) is 46.4 Å². The summed E-state index contributed by atoms with van der Waals surface area (Å²) in [4.78, 5) is 65.2. The number of carbonyl (C=O) groups excluding carboxylic acids is 5. The fourth-order valence-electron chi connectivity index (χ4n) is 7.36. The van der Waals surface area contributed by atoms with E-state index in [1.165, 1.54) is 6.08 Å². The smallest absolute Gasteiger partial charge is 0.287 e. The van der Waals surface area contributed by atoms with E-state index in [0.29, 0.717) is 69.9 Å².